The Morgan fingerprint density at radius 2 is 2.02 bits per heavy atom. The van der Waals surface area contributed by atoms with E-state index >= 15 is 4.39 Å². The Bertz CT molecular complexity index is 1420. The molecule has 2 aromatic heterocycles. The third-order valence-electron chi connectivity index (χ3n) is 6.15. The van der Waals surface area contributed by atoms with E-state index in [2.05, 4.69) is 25.4 Å². The van der Waals surface area contributed by atoms with E-state index < -0.39 is 62.5 Å². The normalized spacial score (nSPS) is 24.7. The van der Waals surface area contributed by atoms with Gasteiger partial charge >= 0.3 is 13.7 Å². The molecule has 1 fully saturated rings. The molecule has 17 heteroatoms. The van der Waals surface area contributed by atoms with Gasteiger partial charge < -0.3 is 30.2 Å². The molecule has 14 nitrogen and oxygen atoms in total. The van der Waals surface area contributed by atoms with Gasteiger partial charge in [0, 0.05) is 7.05 Å². The van der Waals surface area contributed by atoms with Crippen LogP contribution >= 0.6 is 19.3 Å². The number of hydrogen-bond acceptors (Lipinski definition) is 12. The molecule has 0 amide bonds. The van der Waals surface area contributed by atoms with Crippen molar-refractivity contribution in [3.05, 3.63) is 36.7 Å². The van der Waals surface area contributed by atoms with Crippen LogP contribution in [-0.4, -0.2) is 80.2 Å². The van der Waals surface area contributed by atoms with Crippen molar-refractivity contribution < 1.29 is 37.4 Å². The van der Waals surface area contributed by atoms with E-state index in [-0.39, 0.29) is 17.3 Å². The number of rotatable bonds is 12. The number of carbonyl (C=O) groups excluding carboxylic acids is 1. The third kappa shape index (κ3) is 6.55. The highest BCUT2D eigenvalue weighted by Gasteiger charge is 2.57. The molecular formula is C24H32ClFN7O7P. The van der Waals surface area contributed by atoms with Crippen LogP contribution in [0, 0.1) is 0 Å². The quantitative estimate of drug-likeness (QED) is 0.133. The summed E-state index contributed by atoms with van der Waals surface area (Å²) in [7, 11) is -2.76. The Morgan fingerprint density at radius 1 is 1.32 bits per heavy atom. The molecular weight excluding hydrogens is 584 g/mol. The lowest BCUT2D eigenvalue weighted by atomic mass is 9.99. The lowest BCUT2D eigenvalue weighted by molar-refractivity contribution is -0.149. The topological polar surface area (TPSA) is 185 Å². The van der Waals surface area contributed by atoms with Gasteiger partial charge in [0.25, 0.3) is 0 Å². The standard InChI is InChI=1S/C24H32ClFN7O7P/c1-13(2)38-22(35)14(3)32-41(36,40-15-8-6-5-7-9-15)37-11-24(10-25)18(34)16(26)21(39-24)33-12-29-17-19(28-4)30-23(27)31-20(17)33/h5-9,12-14,16,18,21,34H,10-11H2,1-4H3,(H,32,36)(H3,27,28,30,31)/t14-,16+,18-,21+,24+,41-/m0/s1. The summed E-state index contributed by atoms with van der Waals surface area (Å²) < 4.78 is 53.2. The summed E-state index contributed by atoms with van der Waals surface area (Å²) in [4.78, 5) is 24.8. The molecule has 3 heterocycles. The van der Waals surface area contributed by atoms with Crippen molar-refractivity contribution in [2.45, 2.75) is 57.0 Å². The zero-order chi connectivity index (χ0) is 29.9. The molecule has 4 rings (SSSR count). The average Bonchev–Trinajstić information content (AvgIpc) is 3.46. The summed E-state index contributed by atoms with van der Waals surface area (Å²) in [6, 6.07) is 6.93. The lowest BCUT2D eigenvalue weighted by Crippen LogP contribution is -2.48. The zero-order valence-corrected chi connectivity index (χ0v) is 24.4. The molecule has 1 aromatic carbocycles. The lowest BCUT2D eigenvalue weighted by Gasteiger charge is -2.31. The van der Waals surface area contributed by atoms with Crippen LogP contribution in [0.1, 0.15) is 27.0 Å². The number of aliphatic hydroxyl groups is 1. The van der Waals surface area contributed by atoms with E-state index in [1.807, 2.05) is 0 Å². The fourth-order valence-corrected chi connectivity index (χ4v) is 5.97. The number of halogens is 2. The third-order valence-corrected chi connectivity index (χ3v) is 8.23. The molecule has 1 aliphatic rings. The monoisotopic (exact) mass is 615 g/mol. The minimum atomic E-state index is -4.37. The van der Waals surface area contributed by atoms with Crippen molar-refractivity contribution in [2.24, 2.45) is 0 Å². The van der Waals surface area contributed by atoms with Crippen molar-refractivity contribution in [1.29, 1.82) is 0 Å². The van der Waals surface area contributed by atoms with Crippen LogP contribution in [0.3, 0.4) is 0 Å². The van der Waals surface area contributed by atoms with Crippen molar-refractivity contribution in [3.63, 3.8) is 0 Å². The first kappa shape index (κ1) is 30.9. The smallest absolute Gasteiger partial charge is 0.459 e. The Labute approximate surface area is 240 Å². The van der Waals surface area contributed by atoms with Crippen molar-refractivity contribution in [2.75, 3.05) is 30.6 Å². The molecule has 224 valence electrons. The number of para-hydroxylation sites is 1. The highest BCUT2D eigenvalue weighted by atomic mass is 35.5. The number of carbonyl (C=O) groups is 1. The van der Waals surface area contributed by atoms with Gasteiger partial charge in [0.15, 0.2) is 29.4 Å². The van der Waals surface area contributed by atoms with Gasteiger partial charge in [-0.25, -0.2) is 13.9 Å². The van der Waals surface area contributed by atoms with Crippen molar-refractivity contribution >= 4 is 48.2 Å². The number of imidazole rings is 1. The summed E-state index contributed by atoms with van der Waals surface area (Å²) in [5.41, 5.74) is 4.34. The predicted octanol–water partition coefficient (Wildman–Crippen LogP) is 2.79. The molecule has 0 bridgehead atoms. The number of fused-ring (bicyclic) bond motifs is 1. The number of nitrogens with two attached hydrogens (primary N) is 1. The Hall–Kier alpha value is -3.07. The van der Waals surface area contributed by atoms with Crippen LogP contribution in [0.4, 0.5) is 16.2 Å². The van der Waals surface area contributed by atoms with E-state index in [1.165, 1.54) is 30.0 Å². The maximum Gasteiger partial charge on any atom is 0.459 e. The fraction of sp³-hybridized carbons (Fsp3) is 0.500. The number of aliphatic hydroxyl groups excluding tert-OH is 1. The number of hydrogen-bond donors (Lipinski definition) is 4. The largest absolute Gasteiger partial charge is 0.462 e. The van der Waals surface area contributed by atoms with Crippen LogP contribution < -0.4 is 20.7 Å². The average molecular weight is 616 g/mol. The number of nitrogens with one attached hydrogen (secondary N) is 2. The predicted molar refractivity (Wildman–Crippen MR) is 148 cm³/mol. The first-order valence-corrected chi connectivity index (χ1v) is 14.7. The zero-order valence-electron chi connectivity index (χ0n) is 22.7. The number of benzene rings is 1. The SMILES string of the molecule is CNc1nc(N)nc2c1ncn2[C@@H]1O[C@](CCl)(CO[P@@](=O)(N[C@@H](C)C(=O)OC(C)C)Oc2ccccc2)[C@@H](O)[C@H]1F. The van der Waals surface area contributed by atoms with Crippen LogP contribution in [-0.2, 0) is 23.4 Å². The second-order valence-corrected chi connectivity index (χ2v) is 11.6. The summed E-state index contributed by atoms with van der Waals surface area (Å²) in [6.45, 7) is 4.05. The Kier molecular flexibility index (Phi) is 9.36. The van der Waals surface area contributed by atoms with Gasteiger partial charge in [-0.1, -0.05) is 18.2 Å². The number of alkyl halides is 2. The second kappa shape index (κ2) is 12.4. The van der Waals surface area contributed by atoms with Crippen LogP contribution in [0.2, 0.25) is 0 Å². The van der Waals surface area contributed by atoms with Gasteiger partial charge in [-0.05, 0) is 32.9 Å². The molecule has 6 atom stereocenters. The molecule has 5 N–H and O–H groups in total. The molecule has 41 heavy (non-hydrogen) atoms. The van der Waals surface area contributed by atoms with Crippen LogP contribution in [0.5, 0.6) is 5.75 Å². The van der Waals surface area contributed by atoms with E-state index in [1.54, 1.807) is 39.1 Å². The van der Waals surface area contributed by atoms with Crippen LogP contribution in [0.15, 0.2) is 36.7 Å². The van der Waals surface area contributed by atoms with E-state index in [4.69, 9.17) is 35.9 Å². The van der Waals surface area contributed by atoms with E-state index in [0.29, 0.717) is 11.3 Å². The minimum Gasteiger partial charge on any atom is -0.462 e. The van der Waals surface area contributed by atoms with Gasteiger partial charge in [-0.2, -0.15) is 15.1 Å². The number of ether oxygens (including phenoxy) is 2. The molecule has 1 saturated heterocycles. The summed E-state index contributed by atoms with van der Waals surface area (Å²) in [5, 5.41) is 16.3. The number of nitrogen functional groups attached to an aromatic ring is 1. The summed E-state index contributed by atoms with van der Waals surface area (Å²) >= 11 is 6.21. The molecule has 0 aliphatic carbocycles. The number of aromatic nitrogens is 4. The summed E-state index contributed by atoms with van der Waals surface area (Å²) in [6.07, 6.45) is -4.49. The fourth-order valence-electron chi connectivity index (χ4n) is 4.12. The van der Waals surface area contributed by atoms with E-state index in [9.17, 15) is 14.5 Å². The molecule has 0 unspecified atom stereocenters. The molecule has 0 radical (unpaired) electrons. The first-order valence-electron chi connectivity index (χ1n) is 12.6. The Morgan fingerprint density at radius 3 is 2.66 bits per heavy atom. The molecule has 3 aromatic rings. The summed E-state index contributed by atoms with van der Waals surface area (Å²) in [5.74, 6) is -0.804. The van der Waals surface area contributed by atoms with Gasteiger partial charge in [0.2, 0.25) is 5.95 Å². The van der Waals surface area contributed by atoms with Crippen molar-refractivity contribution in [3.8, 4) is 5.75 Å². The van der Waals surface area contributed by atoms with Gasteiger partial charge in [-0.3, -0.25) is 13.9 Å². The number of nitrogens with zero attached hydrogens (tertiary/aromatic N) is 4. The number of anilines is 2. The minimum absolute atomic E-state index is 0.0975. The van der Waals surface area contributed by atoms with Gasteiger partial charge in [-0.15, -0.1) is 11.6 Å². The second-order valence-electron chi connectivity index (χ2n) is 9.61. The maximum absolute atomic E-state index is 15.6. The van der Waals surface area contributed by atoms with Crippen LogP contribution in [0.25, 0.3) is 11.2 Å². The first-order chi connectivity index (χ1) is 19.4. The maximum atomic E-state index is 15.6. The molecule has 0 spiro atoms. The van der Waals surface area contributed by atoms with Crippen molar-refractivity contribution in [1.82, 2.24) is 24.6 Å². The van der Waals surface area contributed by atoms with E-state index in [0.717, 1.165) is 0 Å². The van der Waals surface area contributed by atoms with Gasteiger partial charge in [0.05, 0.1) is 24.9 Å². The highest BCUT2D eigenvalue weighted by Crippen LogP contribution is 2.49. The molecule has 0 saturated carbocycles. The Balaban J connectivity index is 1.61. The molecule has 1 aliphatic heterocycles. The van der Waals surface area contributed by atoms with Gasteiger partial charge in [0.1, 0.15) is 23.5 Å². The highest BCUT2D eigenvalue weighted by molar-refractivity contribution is 7.52. The number of esters is 1.